The summed E-state index contributed by atoms with van der Waals surface area (Å²) < 4.78 is 5.50. The highest BCUT2D eigenvalue weighted by Gasteiger charge is 2.34. The Hall–Kier alpha value is -0.770. The van der Waals surface area contributed by atoms with Crippen molar-refractivity contribution in [2.75, 3.05) is 19.6 Å². The van der Waals surface area contributed by atoms with Gasteiger partial charge in [-0.2, -0.15) is 0 Å². The molecule has 2 aliphatic rings. The topological polar surface area (TPSA) is 41.6 Å². The maximum atomic E-state index is 12.2. The number of nitrogens with one attached hydrogen (secondary N) is 1. The van der Waals surface area contributed by atoms with Crippen LogP contribution < -0.4 is 5.32 Å². The van der Waals surface area contributed by atoms with Gasteiger partial charge in [-0.25, -0.2) is 4.79 Å². The zero-order valence-corrected chi connectivity index (χ0v) is 11.2. The molecule has 0 saturated carbocycles. The standard InChI is InChI=1S/C13H24N2O2/c1-13(2,3)17-12(16)15-9-10-5-4-6-11(15)8-14-7-10/h10-11,14H,4-9H2,1-3H3. The van der Waals surface area contributed by atoms with Crippen molar-refractivity contribution in [2.45, 2.75) is 51.7 Å². The average molecular weight is 240 g/mol. The van der Waals surface area contributed by atoms with Crippen LogP contribution in [0.5, 0.6) is 0 Å². The zero-order chi connectivity index (χ0) is 12.5. The molecule has 1 amide bonds. The van der Waals surface area contributed by atoms with Gasteiger partial charge in [-0.05, 0) is 46.1 Å². The van der Waals surface area contributed by atoms with Gasteiger partial charge in [0.1, 0.15) is 5.60 Å². The molecule has 0 aliphatic carbocycles. The van der Waals surface area contributed by atoms with Crippen molar-refractivity contribution < 1.29 is 9.53 Å². The maximum absolute atomic E-state index is 12.2. The van der Waals surface area contributed by atoms with Crippen LogP contribution in [0.25, 0.3) is 0 Å². The molecule has 4 nitrogen and oxygen atoms in total. The fourth-order valence-corrected chi connectivity index (χ4v) is 2.69. The van der Waals surface area contributed by atoms with Crippen LogP contribution in [0.4, 0.5) is 4.79 Å². The van der Waals surface area contributed by atoms with Gasteiger partial charge in [0.05, 0.1) is 0 Å². The number of nitrogens with zero attached hydrogens (tertiary/aromatic N) is 1. The van der Waals surface area contributed by atoms with E-state index in [9.17, 15) is 4.79 Å². The van der Waals surface area contributed by atoms with E-state index in [1.54, 1.807) is 0 Å². The third kappa shape index (κ3) is 3.35. The van der Waals surface area contributed by atoms with Gasteiger partial charge < -0.3 is 15.0 Å². The molecule has 2 fully saturated rings. The molecule has 0 aromatic heterocycles. The summed E-state index contributed by atoms with van der Waals surface area (Å²) in [5.41, 5.74) is -0.398. The maximum Gasteiger partial charge on any atom is 0.410 e. The quantitative estimate of drug-likeness (QED) is 0.704. The van der Waals surface area contributed by atoms with E-state index in [0.717, 1.165) is 26.1 Å². The van der Waals surface area contributed by atoms with E-state index >= 15 is 0 Å². The normalized spacial score (nSPS) is 29.7. The first-order valence-corrected chi connectivity index (χ1v) is 6.66. The third-order valence-corrected chi connectivity index (χ3v) is 3.49. The molecule has 2 unspecified atom stereocenters. The van der Waals surface area contributed by atoms with Crippen LogP contribution >= 0.6 is 0 Å². The minimum Gasteiger partial charge on any atom is -0.444 e. The monoisotopic (exact) mass is 240 g/mol. The van der Waals surface area contributed by atoms with Gasteiger partial charge >= 0.3 is 6.09 Å². The minimum absolute atomic E-state index is 0.141. The summed E-state index contributed by atoms with van der Waals surface area (Å²) in [5, 5.41) is 3.45. The number of rotatable bonds is 0. The van der Waals surface area contributed by atoms with Crippen LogP contribution in [-0.2, 0) is 4.74 Å². The lowest BCUT2D eigenvalue weighted by Crippen LogP contribution is -2.45. The van der Waals surface area contributed by atoms with Crippen LogP contribution in [-0.4, -0.2) is 42.3 Å². The van der Waals surface area contributed by atoms with Crippen LogP contribution in [0, 0.1) is 5.92 Å². The van der Waals surface area contributed by atoms with E-state index in [4.69, 9.17) is 4.74 Å². The number of fused-ring (bicyclic) bond motifs is 3. The van der Waals surface area contributed by atoms with Gasteiger partial charge in [0.15, 0.2) is 0 Å². The summed E-state index contributed by atoms with van der Waals surface area (Å²) >= 11 is 0. The minimum atomic E-state index is -0.398. The SMILES string of the molecule is CC(C)(C)OC(=O)N1CC2CCCC1CNC2. The van der Waals surface area contributed by atoms with Crippen molar-refractivity contribution >= 4 is 6.09 Å². The van der Waals surface area contributed by atoms with Gasteiger partial charge in [-0.1, -0.05) is 6.42 Å². The highest BCUT2D eigenvalue weighted by atomic mass is 16.6. The van der Waals surface area contributed by atoms with Crippen molar-refractivity contribution in [1.29, 1.82) is 0 Å². The molecule has 2 atom stereocenters. The van der Waals surface area contributed by atoms with Crippen molar-refractivity contribution in [3.05, 3.63) is 0 Å². The van der Waals surface area contributed by atoms with E-state index in [2.05, 4.69) is 5.32 Å². The molecule has 0 aromatic carbocycles. The van der Waals surface area contributed by atoms with Gasteiger partial charge in [-0.3, -0.25) is 0 Å². The van der Waals surface area contributed by atoms with Crippen LogP contribution in [0.2, 0.25) is 0 Å². The first kappa shape index (κ1) is 12.7. The van der Waals surface area contributed by atoms with Gasteiger partial charge in [0, 0.05) is 19.1 Å². The van der Waals surface area contributed by atoms with Gasteiger partial charge in [-0.15, -0.1) is 0 Å². The Labute approximate surface area is 104 Å². The van der Waals surface area contributed by atoms with E-state index in [1.807, 2.05) is 25.7 Å². The van der Waals surface area contributed by atoms with E-state index in [0.29, 0.717) is 12.0 Å². The fourth-order valence-electron chi connectivity index (χ4n) is 2.69. The number of ether oxygens (including phenoxy) is 1. The lowest BCUT2D eigenvalue weighted by Gasteiger charge is -2.31. The largest absolute Gasteiger partial charge is 0.444 e. The number of amides is 1. The second-order valence-corrected chi connectivity index (χ2v) is 6.24. The molecule has 2 heterocycles. The Morgan fingerprint density at radius 2 is 2.06 bits per heavy atom. The molecule has 17 heavy (non-hydrogen) atoms. The Morgan fingerprint density at radius 3 is 2.76 bits per heavy atom. The zero-order valence-electron chi connectivity index (χ0n) is 11.2. The Kier molecular flexibility index (Phi) is 3.61. The first-order valence-electron chi connectivity index (χ1n) is 6.66. The van der Waals surface area contributed by atoms with Crippen molar-refractivity contribution in [2.24, 2.45) is 5.92 Å². The molecule has 2 bridgehead atoms. The van der Waals surface area contributed by atoms with Crippen molar-refractivity contribution in [3.8, 4) is 0 Å². The molecule has 2 saturated heterocycles. The summed E-state index contributed by atoms with van der Waals surface area (Å²) in [5.74, 6) is 0.593. The molecular weight excluding hydrogens is 216 g/mol. The summed E-state index contributed by atoms with van der Waals surface area (Å²) in [6.07, 6.45) is 3.42. The van der Waals surface area contributed by atoms with E-state index in [-0.39, 0.29) is 6.09 Å². The summed E-state index contributed by atoms with van der Waals surface area (Å²) in [4.78, 5) is 14.1. The van der Waals surface area contributed by atoms with Gasteiger partial charge in [0.25, 0.3) is 0 Å². The highest BCUT2D eigenvalue weighted by Crippen LogP contribution is 2.25. The summed E-state index contributed by atoms with van der Waals surface area (Å²) in [6, 6.07) is 0.317. The van der Waals surface area contributed by atoms with Crippen molar-refractivity contribution in [1.82, 2.24) is 10.2 Å². The second kappa shape index (κ2) is 4.84. The Balaban J connectivity index is 2.06. The average Bonchev–Trinajstić information content (AvgIpc) is 2.44. The van der Waals surface area contributed by atoms with Crippen LogP contribution in [0.3, 0.4) is 0 Å². The van der Waals surface area contributed by atoms with E-state index in [1.165, 1.54) is 12.8 Å². The summed E-state index contributed by atoms with van der Waals surface area (Å²) in [7, 11) is 0. The molecule has 0 spiro atoms. The molecule has 2 aliphatic heterocycles. The molecular formula is C13H24N2O2. The fraction of sp³-hybridized carbons (Fsp3) is 0.923. The smallest absolute Gasteiger partial charge is 0.410 e. The van der Waals surface area contributed by atoms with Gasteiger partial charge in [0.2, 0.25) is 0 Å². The summed E-state index contributed by atoms with van der Waals surface area (Å²) in [6.45, 7) is 8.57. The second-order valence-electron chi connectivity index (χ2n) is 6.24. The third-order valence-electron chi connectivity index (χ3n) is 3.49. The number of carbonyl (C=O) groups excluding carboxylic acids is 1. The first-order chi connectivity index (χ1) is 7.96. The van der Waals surface area contributed by atoms with Crippen LogP contribution in [0.15, 0.2) is 0 Å². The molecule has 1 N–H and O–H groups in total. The molecule has 2 rings (SSSR count). The lowest BCUT2D eigenvalue weighted by molar-refractivity contribution is 0.0166. The Morgan fingerprint density at radius 1 is 1.29 bits per heavy atom. The van der Waals surface area contributed by atoms with Crippen LogP contribution in [0.1, 0.15) is 40.0 Å². The van der Waals surface area contributed by atoms with Crippen molar-refractivity contribution in [3.63, 3.8) is 0 Å². The lowest BCUT2D eigenvalue weighted by atomic mass is 10.0. The number of hydrogen-bond donors (Lipinski definition) is 1. The molecule has 4 heteroatoms. The molecule has 98 valence electrons. The Bertz CT molecular complexity index is 276. The van der Waals surface area contributed by atoms with E-state index < -0.39 is 5.60 Å². The molecule has 0 aromatic rings. The number of carbonyl (C=O) groups is 1. The number of hydrogen-bond acceptors (Lipinski definition) is 3. The predicted octanol–water partition coefficient (Wildman–Crippen LogP) is 2.00. The predicted molar refractivity (Wildman–Crippen MR) is 66.9 cm³/mol. The molecule has 0 radical (unpaired) electrons. The highest BCUT2D eigenvalue weighted by molar-refractivity contribution is 5.68.